The Morgan fingerprint density at radius 1 is 1.16 bits per heavy atom. The summed E-state index contributed by atoms with van der Waals surface area (Å²) in [5, 5.41) is 17.7. The molecule has 0 aliphatic carbocycles. The minimum Gasteiger partial charge on any atom is -0.507 e. The molecule has 25 heavy (non-hydrogen) atoms. The van der Waals surface area contributed by atoms with Gasteiger partial charge < -0.3 is 15.3 Å². The quantitative estimate of drug-likeness (QED) is 0.417. The number of nitrogens with one attached hydrogen (secondary N) is 2. The van der Waals surface area contributed by atoms with Crippen LogP contribution in [0.2, 0.25) is 0 Å². The van der Waals surface area contributed by atoms with Gasteiger partial charge in [0.05, 0.1) is 6.21 Å². The number of aryl methyl sites for hydroxylation is 1. The SMILES string of the molecule is CCN(CC)c1ccc(/C=N/NC(=S)Nc2ccc(C)cc2)c(O)c1. The van der Waals surface area contributed by atoms with Gasteiger partial charge in [-0.15, -0.1) is 0 Å². The van der Waals surface area contributed by atoms with Gasteiger partial charge in [0.25, 0.3) is 0 Å². The molecular formula is C19H24N4OS. The minimum atomic E-state index is 0.187. The summed E-state index contributed by atoms with van der Waals surface area (Å²) in [6, 6.07) is 13.5. The van der Waals surface area contributed by atoms with Crippen LogP contribution in [0.25, 0.3) is 0 Å². The molecule has 0 aliphatic rings. The molecule has 0 aromatic heterocycles. The van der Waals surface area contributed by atoms with Gasteiger partial charge in [0.1, 0.15) is 5.75 Å². The van der Waals surface area contributed by atoms with Crippen molar-refractivity contribution in [3.63, 3.8) is 0 Å². The number of phenolic OH excluding ortho intramolecular Hbond substituents is 1. The lowest BCUT2D eigenvalue weighted by atomic mass is 10.2. The van der Waals surface area contributed by atoms with Crippen LogP contribution in [-0.4, -0.2) is 29.5 Å². The van der Waals surface area contributed by atoms with Crippen molar-refractivity contribution in [2.75, 3.05) is 23.3 Å². The first-order chi connectivity index (χ1) is 12.0. The first-order valence-corrected chi connectivity index (χ1v) is 8.69. The summed E-state index contributed by atoms with van der Waals surface area (Å²) >= 11 is 5.20. The van der Waals surface area contributed by atoms with Crippen LogP contribution in [0.5, 0.6) is 5.75 Å². The van der Waals surface area contributed by atoms with Crippen molar-refractivity contribution in [3.8, 4) is 5.75 Å². The van der Waals surface area contributed by atoms with E-state index in [9.17, 15) is 5.11 Å². The number of nitrogens with zero attached hydrogens (tertiary/aromatic N) is 2. The second kappa shape index (κ2) is 9.03. The second-order valence-electron chi connectivity index (χ2n) is 5.61. The molecule has 132 valence electrons. The third-order valence-electron chi connectivity index (χ3n) is 3.82. The molecule has 0 heterocycles. The predicted octanol–water partition coefficient (Wildman–Crippen LogP) is 3.87. The minimum absolute atomic E-state index is 0.187. The summed E-state index contributed by atoms with van der Waals surface area (Å²) in [6.45, 7) is 7.99. The molecule has 0 spiro atoms. The van der Waals surface area contributed by atoms with Crippen LogP contribution in [0, 0.1) is 6.92 Å². The maximum absolute atomic E-state index is 10.2. The van der Waals surface area contributed by atoms with Crippen LogP contribution in [0.4, 0.5) is 11.4 Å². The molecule has 0 amide bonds. The molecule has 2 rings (SSSR count). The fourth-order valence-electron chi connectivity index (χ4n) is 2.38. The van der Waals surface area contributed by atoms with Gasteiger partial charge in [-0.1, -0.05) is 17.7 Å². The third-order valence-corrected chi connectivity index (χ3v) is 4.02. The van der Waals surface area contributed by atoms with Gasteiger partial charge in [0.2, 0.25) is 0 Å². The van der Waals surface area contributed by atoms with Crippen LogP contribution < -0.4 is 15.6 Å². The van der Waals surface area contributed by atoms with E-state index in [4.69, 9.17) is 12.2 Å². The van der Waals surface area contributed by atoms with E-state index in [2.05, 4.69) is 34.6 Å². The average Bonchev–Trinajstić information content (AvgIpc) is 2.60. The van der Waals surface area contributed by atoms with Crippen LogP contribution >= 0.6 is 12.2 Å². The van der Waals surface area contributed by atoms with E-state index < -0.39 is 0 Å². The molecule has 5 nitrogen and oxygen atoms in total. The Balaban J connectivity index is 1.95. The maximum Gasteiger partial charge on any atom is 0.191 e. The first-order valence-electron chi connectivity index (χ1n) is 8.28. The number of phenols is 1. The van der Waals surface area contributed by atoms with Crippen molar-refractivity contribution < 1.29 is 5.11 Å². The van der Waals surface area contributed by atoms with Gasteiger partial charge in [-0.25, -0.2) is 0 Å². The Labute approximate surface area is 154 Å². The smallest absolute Gasteiger partial charge is 0.191 e. The molecule has 2 aromatic rings. The lowest BCUT2D eigenvalue weighted by molar-refractivity contribution is 0.474. The van der Waals surface area contributed by atoms with Crippen molar-refractivity contribution in [1.29, 1.82) is 0 Å². The van der Waals surface area contributed by atoms with Crippen LogP contribution in [0.1, 0.15) is 25.0 Å². The molecule has 0 radical (unpaired) electrons. The lowest BCUT2D eigenvalue weighted by Gasteiger charge is -2.21. The van der Waals surface area contributed by atoms with Gasteiger partial charge in [-0.2, -0.15) is 5.10 Å². The van der Waals surface area contributed by atoms with E-state index in [1.54, 1.807) is 12.3 Å². The number of thiocarbonyl (C=S) groups is 1. The van der Waals surface area contributed by atoms with Crippen molar-refractivity contribution >= 4 is 34.9 Å². The first kappa shape index (κ1) is 18.7. The lowest BCUT2D eigenvalue weighted by Crippen LogP contribution is -2.23. The third kappa shape index (κ3) is 5.46. The van der Waals surface area contributed by atoms with E-state index >= 15 is 0 Å². The zero-order chi connectivity index (χ0) is 18.2. The van der Waals surface area contributed by atoms with E-state index in [0.29, 0.717) is 10.7 Å². The standard InChI is InChI=1S/C19H24N4OS/c1-4-23(5-2)17-11-8-15(18(24)12-17)13-20-22-19(25)21-16-9-6-14(3)7-10-16/h6-13,24H,4-5H2,1-3H3,(H2,21,22,25)/b20-13+. The van der Waals surface area contributed by atoms with Gasteiger partial charge in [-0.3, -0.25) is 5.43 Å². The van der Waals surface area contributed by atoms with Crippen LogP contribution in [0.3, 0.4) is 0 Å². The van der Waals surface area contributed by atoms with Gasteiger partial charge in [0.15, 0.2) is 5.11 Å². The van der Waals surface area contributed by atoms with Crippen molar-refractivity contribution in [3.05, 3.63) is 53.6 Å². The number of hydrogen-bond donors (Lipinski definition) is 3. The fraction of sp³-hybridized carbons (Fsp3) is 0.263. The average molecular weight is 356 g/mol. The molecule has 0 saturated heterocycles. The van der Waals surface area contributed by atoms with Crippen molar-refractivity contribution in [2.45, 2.75) is 20.8 Å². The number of hydrazone groups is 1. The highest BCUT2D eigenvalue weighted by Crippen LogP contribution is 2.23. The summed E-state index contributed by atoms with van der Waals surface area (Å²) in [4.78, 5) is 2.17. The number of anilines is 2. The Morgan fingerprint density at radius 2 is 1.84 bits per heavy atom. The molecular weight excluding hydrogens is 332 g/mol. The van der Waals surface area contributed by atoms with Crippen molar-refractivity contribution in [2.24, 2.45) is 5.10 Å². The van der Waals surface area contributed by atoms with E-state index in [-0.39, 0.29) is 5.75 Å². The summed E-state index contributed by atoms with van der Waals surface area (Å²) < 4.78 is 0. The molecule has 0 saturated carbocycles. The summed E-state index contributed by atoms with van der Waals surface area (Å²) in [5.41, 5.74) is 6.45. The fourth-order valence-corrected chi connectivity index (χ4v) is 2.55. The predicted molar refractivity (Wildman–Crippen MR) is 110 cm³/mol. The Bertz CT molecular complexity index is 740. The molecule has 0 fully saturated rings. The topological polar surface area (TPSA) is 59.9 Å². The zero-order valence-corrected chi connectivity index (χ0v) is 15.6. The molecule has 0 bridgehead atoms. The summed E-state index contributed by atoms with van der Waals surface area (Å²) in [7, 11) is 0. The molecule has 0 aliphatic heterocycles. The Morgan fingerprint density at radius 3 is 2.44 bits per heavy atom. The van der Waals surface area contributed by atoms with E-state index in [0.717, 1.165) is 24.5 Å². The normalized spacial score (nSPS) is 10.7. The second-order valence-corrected chi connectivity index (χ2v) is 6.01. The van der Waals surface area contributed by atoms with E-state index in [1.807, 2.05) is 43.3 Å². The number of rotatable bonds is 6. The summed E-state index contributed by atoms with van der Waals surface area (Å²) in [5.74, 6) is 0.187. The van der Waals surface area contributed by atoms with E-state index in [1.165, 1.54) is 5.56 Å². The van der Waals surface area contributed by atoms with Gasteiger partial charge in [0, 0.05) is 36.1 Å². The highest BCUT2D eigenvalue weighted by Gasteiger charge is 2.05. The Hall–Kier alpha value is -2.60. The molecule has 2 aromatic carbocycles. The van der Waals surface area contributed by atoms with Crippen molar-refractivity contribution in [1.82, 2.24) is 5.43 Å². The Kier molecular flexibility index (Phi) is 6.77. The highest BCUT2D eigenvalue weighted by atomic mass is 32.1. The number of benzene rings is 2. The van der Waals surface area contributed by atoms with Gasteiger partial charge >= 0.3 is 0 Å². The monoisotopic (exact) mass is 356 g/mol. The largest absolute Gasteiger partial charge is 0.507 e. The molecule has 6 heteroatoms. The molecule has 3 N–H and O–H groups in total. The zero-order valence-electron chi connectivity index (χ0n) is 14.8. The highest BCUT2D eigenvalue weighted by molar-refractivity contribution is 7.80. The number of hydrogen-bond acceptors (Lipinski definition) is 4. The van der Waals surface area contributed by atoms with Crippen LogP contribution in [-0.2, 0) is 0 Å². The molecule has 0 unspecified atom stereocenters. The molecule has 0 atom stereocenters. The van der Waals surface area contributed by atoms with Gasteiger partial charge in [-0.05, 0) is 57.3 Å². The maximum atomic E-state index is 10.2. The number of aromatic hydroxyl groups is 1. The summed E-state index contributed by atoms with van der Waals surface area (Å²) in [6.07, 6.45) is 1.55. The van der Waals surface area contributed by atoms with Crippen LogP contribution in [0.15, 0.2) is 47.6 Å².